The molecule has 0 radical (unpaired) electrons. The summed E-state index contributed by atoms with van der Waals surface area (Å²) in [6.45, 7) is 3.38. The molecule has 0 aromatic carbocycles. The molecule has 0 amide bonds. The summed E-state index contributed by atoms with van der Waals surface area (Å²) in [4.78, 5) is 0. The van der Waals surface area contributed by atoms with Gasteiger partial charge >= 0.3 is 0 Å². The quantitative estimate of drug-likeness (QED) is 0.898. The van der Waals surface area contributed by atoms with Crippen molar-refractivity contribution in [2.24, 2.45) is 0 Å². The molecule has 1 N–H and O–H groups in total. The molecule has 0 bridgehead atoms. The second-order valence-electron chi connectivity index (χ2n) is 4.84. The number of hydrogen-bond acceptors (Lipinski definition) is 1. The van der Waals surface area contributed by atoms with Crippen molar-refractivity contribution in [3.05, 3.63) is 40.1 Å². The van der Waals surface area contributed by atoms with Gasteiger partial charge in [0.1, 0.15) is 0 Å². The molecule has 1 saturated heterocycles. The third-order valence-corrected chi connectivity index (χ3v) is 4.74. The van der Waals surface area contributed by atoms with Gasteiger partial charge in [-0.15, -0.1) is 0 Å². The number of hydrogen-bond donors (Lipinski definition) is 1. The highest BCUT2D eigenvalue weighted by atomic mass is 79.9. The smallest absolute Gasteiger partial charge is 0.0597 e. The summed E-state index contributed by atoms with van der Waals surface area (Å²) >= 11 is 3.71. The van der Waals surface area contributed by atoms with E-state index in [4.69, 9.17) is 0 Å². The zero-order chi connectivity index (χ0) is 11.8. The van der Waals surface area contributed by atoms with Crippen molar-refractivity contribution in [2.75, 3.05) is 6.54 Å². The molecule has 90 valence electrons. The maximum absolute atomic E-state index is 3.71. The van der Waals surface area contributed by atoms with Crippen molar-refractivity contribution >= 4 is 21.4 Å². The molecular weight excluding hydrogens is 276 g/mol. The van der Waals surface area contributed by atoms with E-state index in [1.165, 1.54) is 40.6 Å². The van der Waals surface area contributed by atoms with Crippen molar-refractivity contribution in [2.45, 2.75) is 32.2 Å². The Balaban J connectivity index is 2.05. The van der Waals surface area contributed by atoms with E-state index in [-0.39, 0.29) is 0 Å². The lowest BCUT2D eigenvalue weighted by Gasteiger charge is -2.11. The molecule has 1 aliphatic rings. The van der Waals surface area contributed by atoms with Gasteiger partial charge in [0.05, 0.1) is 5.52 Å². The van der Waals surface area contributed by atoms with Crippen LogP contribution in [0.2, 0.25) is 0 Å². The Morgan fingerprint density at radius 1 is 1.47 bits per heavy atom. The van der Waals surface area contributed by atoms with Gasteiger partial charge in [-0.1, -0.05) is 6.07 Å². The summed E-state index contributed by atoms with van der Waals surface area (Å²) in [6.07, 6.45) is 5.91. The van der Waals surface area contributed by atoms with Crippen LogP contribution in [0.5, 0.6) is 0 Å². The minimum Gasteiger partial charge on any atom is -0.319 e. The molecule has 0 aliphatic carbocycles. The maximum atomic E-state index is 3.71. The molecule has 1 atom stereocenters. The molecule has 3 heteroatoms. The lowest BCUT2D eigenvalue weighted by Crippen LogP contribution is -2.24. The van der Waals surface area contributed by atoms with Gasteiger partial charge in [0.25, 0.3) is 0 Å². The average molecular weight is 293 g/mol. The number of fused-ring (bicyclic) bond motifs is 1. The van der Waals surface area contributed by atoms with Gasteiger partial charge in [0.2, 0.25) is 0 Å². The molecule has 2 aromatic rings. The zero-order valence-electron chi connectivity index (χ0n) is 10.0. The molecule has 2 aromatic heterocycles. The molecule has 2 nitrogen and oxygen atoms in total. The van der Waals surface area contributed by atoms with Gasteiger partial charge in [0.15, 0.2) is 0 Å². The fourth-order valence-electron chi connectivity index (χ4n) is 2.77. The first-order valence-electron chi connectivity index (χ1n) is 6.25. The van der Waals surface area contributed by atoms with Crippen LogP contribution >= 0.6 is 15.9 Å². The summed E-state index contributed by atoms with van der Waals surface area (Å²) in [6, 6.07) is 7.02. The van der Waals surface area contributed by atoms with Crippen LogP contribution in [0.3, 0.4) is 0 Å². The predicted molar refractivity (Wildman–Crippen MR) is 74.6 cm³/mol. The van der Waals surface area contributed by atoms with Crippen LogP contribution < -0.4 is 5.32 Å². The number of rotatable bonds is 2. The highest BCUT2D eigenvalue weighted by molar-refractivity contribution is 9.10. The van der Waals surface area contributed by atoms with Crippen LogP contribution in [0.1, 0.15) is 24.1 Å². The second kappa shape index (κ2) is 4.46. The van der Waals surface area contributed by atoms with Gasteiger partial charge in [0, 0.05) is 28.8 Å². The van der Waals surface area contributed by atoms with E-state index in [1.54, 1.807) is 0 Å². The van der Waals surface area contributed by atoms with Crippen LogP contribution in [0, 0.1) is 6.92 Å². The molecule has 3 heterocycles. The molecular formula is C14H17BrN2. The fraction of sp³-hybridized carbons (Fsp3) is 0.429. The monoisotopic (exact) mass is 292 g/mol. The molecule has 0 spiro atoms. The third-order valence-electron chi connectivity index (χ3n) is 3.74. The van der Waals surface area contributed by atoms with E-state index >= 15 is 0 Å². The van der Waals surface area contributed by atoms with E-state index in [2.05, 4.69) is 57.0 Å². The number of aromatic nitrogens is 1. The molecule has 3 rings (SSSR count). The molecule has 1 fully saturated rings. The Morgan fingerprint density at radius 2 is 2.35 bits per heavy atom. The van der Waals surface area contributed by atoms with Gasteiger partial charge in [-0.05, 0) is 59.9 Å². The summed E-state index contributed by atoms with van der Waals surface area (Å²) in [7, 11) is 0. The third kappa shape index (κ3) is 1.91. The van der Waals surface area contributed by atoms with Crippen LogP contribution in [0.25, 0.3) is 5.52 Å². The maximum Gasteiger partial charge on any atom is 0.0597 e. The zero-order valence-corrected chi connectivity index (χ0v) is 11.6. The van der Waals surface area contributed by atoms with Gasteiger partial charge in [-0.25, -0.2) is 0 Å². The van der Waals surface area contributed by atoms with E-state index in [0.717, 1.165) is 6.42 Å². The summed E-state index contributed by atoms with van der Waals surface area (Å²) < 4.78 is 3.56. The van der Waals surface area contributed by atoms with E-state index < -0.39 is 0 Å². The van der Waals surface area contributed by atoms with Gasteiger partial charge < -0.3 is 9.72 Å². The van der Waals surface area contributed by atoms with E-state index in [9.17, 15) is 0 Å². The highest BCUT2D eigenvalue weighted by Gasteiger charge is 2.19. The first kappa shape index (κ1) is 11.3. The lowest BCUT2D eigenvalue weighted by atomic mass is 10.1. The molecule has 0 saturated carbocycles. The first-order valence-corrected chi connectivity index (χ1v) is 7.04. The molecule has 1 aliphatic heterocycles. The Morgan fingerprint density at radius 3 is 3.12 bits per heavy atom. The van der Waals surface area contributed by atoms with Crippen LogP contribution in [-0.2, 0) is 6.42 Å². The van der Waals surface area contributed by atoms with E-state index in [0.29, 0.717) is 6.04 Å². The fourth-order valence-corrected chi connectivity index (χ4v) is 3.32. The summed E-state index contributed by atoms with van der Waals surface area (Å²) in [5.74, 6) is 0. The standard InChI is InChI=1S/C14H17BrN2/c1-10-13(9-11-5-4-7-16-11)17-8-3-2-6-12(17)14(10)15/h2-3,6,8,11,16H,4-5,7,9H2,1H3. The van der Waals surface area contributed by atoms with E-state index in [1.807, 2.05) is 0 Å². The van der Waals surface area contributed by atoms with Crippen LogP contribution in [0.4, 0.5) is 0 Å². The minimum atomic E-state index is 0.652. The normalized spacial score (nSPS) is 20.2. The number of nitrogens with zero attached hydrogens (tertiary/aromatic N) is 1. The van der Waals surface area contributed by atoms with Gasteiger partial charge in [-0.2, -0.15) is 0 Å². The van der Waals surface area contributed by atoms with Crippen molar-refractivity contribution < 1.29 is 0 Å². The lowest BCUT2D eigenvalue weighted by molar-refractivity contribution is 0.591. The number of nitrogens with one attached hydrogen (secondary N) is 1. The molecule has 1 unspecified atom stereocenters. The summed E-state index contributed by atoms with van der Waals surface area (Å²) in [5, 5.41) is 3.58. The largest absolute Gasteiger partial charge is 0.319 e. The average Bonchev–Trinajstić information content (AvgIpc) is 2.94. The van der Waals surface area contributed by atoms with Crippen molar-refractivity contribution in [3.8, 4) is 0 Å². The Hall–Kier alpha value is -0.800. The van der Waals surface area contributed by atoms with Crippen molar-refractivity contribution in [3.63, 3.8) is 0 Å². The Bertz CT molecular complexity index is 538. The Kier molecular flexibility index (Phi) is 2.97. The predicted octanol–water partition coefficient (Wildman–Crippen LogP) is 3.30. The van der Waals surface area contributed by atoms with Gasteiger partial charge in [-0.3, -0.25) is 0 Å². The topological polar surface area (TPSA) is 16.4 Å². The van der Waals surface area contributed by atoms with Crippen LogP contribution in [-0.4, -0.2) is 17.0 Å². The van der Waals surface area contributed by atoms with Crippen molar-refractivity contribution in [1.82, 2.24) is 9.72 Å². The SMILES string of the molecule is Cc1c(Br)c2ccccn2c1CC1CCCN1. The van der Waals surface area contributed by atoms with Crippen molar-refractivity contribution in [1.29, 1.82) is 0 Å². The second-order valence-corrected chi connectivity index (χ2v) is 5.63. The first-order chi connectivity index (χ1) is 8.27. The number of halogens is 1. The molecule has 17 heavy (non-hydrogen) atoms. The van der Waals surface area contributed by atoms with Crippen LogP contribution in [0.15, 0.2) is 28.9 Å². The summed E-state index contributed by atoms with van der Waals surface area (Å²) in [5.41, 5.74) is 4.09. The highest BCUT2D eigenvalue weighted by Crippen LogP contribution is 2.29. The number of pyridine rings is 1. The Labute approximate surface area is 110 Å². The minimum absolute atomic E-state index is 0.652.